The van der Waals surface area contributed by atoms with Crippen LogP contribution >= 0.6 is 11.3 Å². The molecule has 2 aromatic rings. The molecule has 8 nitrogen and oxygen atoms in total. The van der Waals surface area contributed by atoms with Crippen molar-refractivity contribution in [1.29, 1.82) is 0 Å². The molecule has 1 N–H and O–H groups in total. The fourth-order valence-corrected chi connectivity index (χ4v) is 4.68. The number of hydrogen-bond acceptors (Lipinski definition) is 6. The molecule has 2 aliphatic heterocycles. The number of hydrogen-bond donors (Lipinski definition) is 1. The van der Waals surface area contributed by atoms with Gasteiger partial charge in [-0.2, -0.15) is 0 Å². The Balaban J connectivity index is 1.38. The van der Waals surface area contributed by atoms with Gasteiger partial charge >= 0.3 is 0 Å². The zero-order chi connectivity index (χ0) is 20.9. The minimum Gasteiger partial charge on any atom is -0.342 e. The third-order valence-electron chi connectivity index (χ3n) is 5.56. The molecule has 30 heavy (non-hydrogen) atoms. The highest BCUT2D eigenvalue weighted by molar-refractivity contribution is 7.15. The van der Waals surface area contributed by atoms with Gasteiger partial charge in [0.2, 0.25) is 15.9 Å². The molecule has 158 valence electrons. The second-order valence-corrected chi connectivity index (χ2v) is 8.69. The molecule has 0 aliphatic carbocycles. The van der Waals surface area contributed by atoms with Crippen LogP contribution in [0.1, 0.15) is 51.7 Å². The van der Waals surface area contributed by atoms with E-state index in [1.54, 1.807) is 17.0 Å². The summed E-state index contributed by atoms with van der Waals surface area (Å²) in [7, 11) is 0. The lowest BCUT2D eigenvalue weighted by Crippen LogP contribution is -2.47. The molecule has 1 aromatic carbocycles. The second kappa shape index (κ2) is 9.34. The van der Waals surface area contributed by atoms with Gasteiger partial charge in [-0.25, -0.2) is 0 Å². The maximum absolute atomic E-state index is 12.9. The minimum absolute atomic E-state index is 0.139. The average Bonchev–Trinajstić information content (AvgIpc) is 3.30. The van der Waals surface area contributed by atoms with Crippen molar-refractivity contribution in [3.8, 4) is 0 Å². The Morgan fingerprint density at radius 3 is 2.37 bits per heavy atom. The van der Waals surface area contributed by atoms with Crippen molar-refractivity contribution in [3.63, 3.8) is 0 Å². The van der Waals surface area contributed by atoms with E-state index < -0.39 is 5.91 Å². The van der Waals surface area contributed by atoms with Gasteiger partial charge in [0.15, 0.2) is 0 Å². The fraction of sp³-hybridized carbons (Fsp3) is 0.476. The SMILES string of the molecule is O=C(Nc1ccccc1)c1nnc(C(=O)N2CCC[C@H](C(=O)N3CCCCC3)C2)s1. The van der Waals surface area contributed by atoms with E-state index in [-0.39, 0.29) is 27.7 Å². The Labute approximate surface area is 179 Å². The maximum Gasteiger partial charge on any atom is 0.286 e. The smallest absolute Gasteiger partial charge is 0.286 e. The lowest BCUT2D eigenvalue weighted by molar-refractivity contribution is -0.137. The average molecular weight is 428 g/mol. The Bertz CT molecular complexity index is 910. The first kappa shape index (κ1) is 20.5. The molecule has 0 spiro atoms. The van der Waals surface area contributed by atoms with Crippen LogP contribution in [0.5, 0.6) is 0 Å². The van der Waals surface area contributed by atoms with Crippen molar-refractivity contribution in [1.82, 2.24) is 20.0 Å². The molecular weight excluding hydrogens is 402 g/mol. The van der Waals surface area contributed by atoms with Crippen LogP contribution in [-0.2, 0) is 4.79 Å². The van der Waals surface area contributed by atoms with Crippen molar-refractivity contribution >= 4 is 34.7 Å². The van der Waals surface area contributed by atoms with Gasteiger partial charge in [-0.15, -0.1) is 10.2 Å². The Morgan fingerprint density at radius 2 is 1.60 bits per heavy atom. The Morgan fingerprint density at radius 1 is 0.900 bits per heavy atom. The molecule has 4 rings (SSSR count). The highest BCUT2D eigenvalue weighted by Gasteiger charge is 2.33. The predicted molar refractivity (Wildman–Crippen MR) is 113 cm³/mol. The number of nitrogens with zero attached hydrogens (tertiary/aromatic N) is 4. The molecule has 9 heteroatoms. The summed E-state index contributed by atoms with van der Waals surface area (Å²) >= 11 is 0.979. The van der Waals surface area contributed by atoms with Gasteiger partial charge in [0.1, 0.15) is 0 Å². The number of likely N-dealkylation sites (tertiary alicyclic amines) is 2. The number of amides is 3. The van der Waals surface area contributed by atoms with Gasteiger partial charge in [0, 0.05) is 31.9 Å². The fourth-order valence-electron chi connectivity index (χ4n) is 3.98. The Hall–Kier alpha value is -2.81. The van der Waals surface area contributed by atoms with E-state index in [9.17, 15) is 14.4 Å². The first-order chi connectivity index (χ1) is 14.6. The van der Waals surface area contributed by atoms with E-state index >= 15 is 0 Å². The van der Waals surface area contributed by atoms with Crippen LogP contribution in [0.2, 0.25) is 0 Å². The Kier molecular flexibility index (Phi) is 6.37. The van der Waals surface area contributed by atoms with E-state index in [1.807, 2.05) is 23.1 Å². The third-order valence-corrected chi connectivity index (χ3v) is 6.47. The van der Waals surface area contributed by atoms with Crippen LogP contribution in [0.15, 0.2) is 30.3 Å². The first-order valence-electron chi connectivity index (χ1n) is 10.4. The summed E-state index contributed by atoms with van der Waals surface area (Å²) in [4.78, 5) is 41.7. The maximum atomic E-state index is 12.9. The normalized spacial score (nSPS) is 19.4. The quantitative estimate of drug-likeness (QED) is 0.809. The van der Waals surface area contributed by atoms with Crippen molar-refractivity contribution in [3.05, 3.63) is 40.3 Å². The molecule has 2 aliphatic rings. The van der Waals surface area contributed by atoms with Crippen molar-refractivity contribution < 1.29 is 14.4 Å². The predicted octanol–water partition coefficient (Wildman–Crippen LogP) is 2.66. The number of benzene rings is 1. The highest BCUT2D eigenvalue weighted by Crippen LogP contribution is 2.23. The zero-order valence-electron chi connectivity index (χ0n) is 16.7. The van der Waals surface area contributed by atoms with E-state index in [0.717, 1.165) is 50.1 Å². The monoisotopic (exact) mass is 427 g/mol. The molecule has 0 unspecified atom stereocenters. The third kappa shape index (κ3) is 4.67. The number of piperidine rings is 2. The van der Waals surface area contributed by atoms with Gasteiger partial charge in [-0.05, 0) is 44.2 Å². The van der Waals surface area contributed by atoms with Gasteiger partial charge in [-0.1, -0.05) is 29.5 Å². The largest absolute Gasteiger partial charge is 0.342 e. The number of aromatic nitrogens is 2. The summed E-state index contributed by atoms with van der Waals surface area (Å²) in [5.74, 6) is -0.654. The van der Waals surface area contributed by atoms with Crippen LogP contribution in [0.3, 0.4) is 0 Å². The minimum atomic E-state index is -0.394. The molecule has 3 heterocycles. The summed E-state index contributed by atoms with van der Waals surface area (Å²) in [5.41, 5.74) is 0.653. The number of nitrogens with one attached hydrogen (secondary N) is 1. The van der Waals surface area contributed by atoms with Gasteiger partial charge in [-0.3, -0.25) is 14.4 Å². The van der Waals surface area contributed by atoms with E-state index in [2.05, 4.69) is 15.5 Å². The summed E-state index contributed by atoms with van der Waals surface area (Å²) in [6.45, 7) is 2.63. The van der Waals surface area contributed by atoms with Crippen molar-refractivity contribution in [2.24, 2.45) is 5.92 Å². The second-order valence-electron chi connectivity index (χ2n) is 7.71. The zero-order valence-corrected chi connectivity index (χ0v) is 17.6. The number of para-hydroxylation sites is 1. The van der Waals surface area contributed by atoms with E-state index in [1.165, 1.54) is 6.42 Å². The van der Waals surface area contributed by atoms with Crippen molar-refractivity contribution in [2.75, 3.05) is 31.5 Å². The molecule has 2 saturated heterocycles. The standard InChI is InChI=1S/C21H25N5O3S/c27-17(22-16-9-3-1-4-10-16)18-23-24-19(30-18)21(29)26-13-7-8-15(14-26)20(28)25-11-5-2-6-12-25/h1,3-4,9-10,15H,2,5-8,11-14H2,(H,22,27)/t15-/m0/s1. The topological polar surface area (TPSA) is 95.5 Å². The summed E-state index contributed by atoms with van der Waals surface area (Å²) in [5, 5.41) is 10.9. The molecule has 0 bridgehead atoms. The molecule has 3 amide bonds. The molecule has 0 saturated carbocycles. The van der Waals surface area contributed by atoms with Crippen LogP contribution in [0, 0.1) is 5.92 Å². The number of anilines is 1. The number of carbonyl (C=O) groups excluding carboxylic acids is 3. The molecule has 0 radical (unpaired) electrons. The van der Waals surface area contributed by atoms with Crippen LogP contribution in [-0.4, -0.2) is 63.9 Å². The van der Waals surface area contributed by atoms with Gasteiger partial charge in [0.25, 0.3) is 11.8 Å². The van der Waals surface area contributed by atoms with E-state index in [4.69, 9.17) is 0 Å². The lowest BCUT2D eigenvalue weighted by atomic mass is 9.95. The van der Waals surface area contributed by atoms with Crippen LogP contribution in [0.4, 0.5) is 5.69 Å². The van der Waals surface area contributed by atoms with Gasteiger partial charge < -0.3 is 15.1 Å². The first-order valence-corrected chi connectivity index (χ1v) is 11.2. The number of carbonyl (C=O) groups is 3. The lowest BCUT2D eigenvalue weighted by Gasteiger charge is -2.35. The number of rotatable bonds is 4. The molecular formula is C21H25N5O3S. The van der Waals surface area contributed by atoms with Gasteiger partial charge in [0.05, 0.1) is 5.92 Å². The van der Waals surface area contributed by atoms with Crippen LogP contribution in [0.25, 0.3) is 0 Å². The highest BCUT2D eigenvalue weighted by atomic mass is 32.1. The molecule has 1 aromatic heterocycles. The summed E-state index contributed by atoms with van der Waals surface area (Å²) in [6.07, 6.45) is 4.88. The summed E-state index contributed by atoms with van der Waals surface area (Å²) in [6, 6.07) is 9.06. The van der Waals surface area contributed by atoms with Crippen molar-refractivity contribution in [2.45, 2.75) is 32.1 Å². The van der Waals surface area contributed by atoms with E-state index in [0.29, 0.717) is 18.8 Å². The molecule has 1 atom stereocenters. The van der Waals surface area contributed by atoms with Crippen LogP contribution < -0.4 is 5.32 Å². The molecule has 2 fully saturated rings. The summed E-state index contributed by atoms with van der Waals surface area (Å²) < 4.78 is 0.